The first-order valence-electron chi connectivity index (χ1n) is 9.16. The number of hydrogen-bond donors (Lipinski definition) is 1. The molecule has 154 valence electrons. The van der Waals surface area contributed by atoms with Gasteiger partial charge in [0.05, 0.1) is 27.8 Å². The van der Waals surface area contributed by atoms with Crippen LogP contribution >= 0.6 is 0 Å². The lowest BCUT2D eigenvalue weighted by molar-refractivity contribution is -0.116. The number of fused-ring (bicyclic) bond motifs is 3. The molecule has 2 heterocycles. The van der Waals surface area contributed by atoms with E-state index in [1.807, 2.05) is 0 Å². The van der Waals surface area contributed by atoms with E-state index < -0.39 is 28.9 Å². The number of pyridine rings is 1. The maximum absolute atomic E-state index is 13.9. The Kier molecular flexibility index (Phi) is 4.81. The molecule has 4 aromatic rings. The second-order valence-electron chi connectivity index (χ2n) is 6.97. The minimum absolute atomic E-state index is 0.0578. The number of aromatic nitrogens is 3. The molecule has 2 aromatic heterocycles. The quantitative estimate of drug-likeness (QED) is 0.554. The van der Waals surface area contributed by atoms with Crippen molar-refractivity contribution >= 4 is 33.4 Å². The fourth-order valence-corrected chi connectivity index (χ4v) is 3.63. The zero-order valence-corrected chi connectivity index (χ0v) is 16.2. The van der Waals surface area contributed by atoms with Crippen LogP contribution in [0.1, 0.15) is 12.1 Å². The highest BCUT2D eigenvalue weighted by Gasteiger charge is 2.18. The molecule has 0 fully saturated rings. The molecule has 4 rings (SSSR count). The minimum atomic E-state index is -0.902. The molecule has 0 bridgehead atoms. The van der Waals surface area contributed by atoms with E-state index in [4.69, 9.17) is 0 Å². The van der Waals surface area contributed by atoms with Gasteiger partial charge in [0, 0.05) is 31.5 Å². The van der Waals surface area contributed by atoms with Crippen LogP contribution < -0.4 is 10.9 Å². The van der Waals surface area contributed by atoms with Gasteiger partial charge in [0.2, 0.25) is 5.91 Å². The highest BCUT2D eigenvalue weighted by Crippen LogP contribution is 2.25. The standard InChI is InChI=1S/C21H17F3N4O2/c1-11-19-20(27(2)26-11)14-5-3-13(23)10-17(14)28(21(19)30)8-7-18(29)25-16-6-4-12(22)9-15(16)24/h3-6,9-10H,7-8H2,1-2H3,(H,25,29). The van der Waals surface area contributed by atoms with Gasteiger partial charge in [0.15, 0.2) is 0 Å². The van der Waals surface area contributed by atoms with E-state index in [9.17, 15) is 22.8 Å². The number of benzene rings is 2. The summed E-state index contributed by atoms with van der Waals surface area (Å²) in [6.45, 7) is 1.64. The topological polar surface area (TPSA) is 68.9 Å². The number of hydrogen-bond acceptors (Lipinski definition) is 3. The summed E-state index contributed by atoms with van der Waals surface area (Å²) >= 11 is 0. The van der Waals surface area contributed by atoms with Crippen molar-refractivity contribution in [2.24, 2.45) is 7.05 Å². The summed E-state index contributed by atoms with van der Waals surface area (Å²) in [6.07, 6.45) is -0.173. The highest BCUT2D eigenvalue weighted by atomic mass is 19.1. The molecule has 1 N–H and O–H groups in total. The van der Waals surface area contributed by atoms with Gasteiger partial charge in [-0.3, -0.25) is 14.3 Å². The van der Waals surface area contributed by atoms with Crippen molar-refractivity contribution in [2.75, 3.05) is 5.32 Å². The third kappa shape index (κ3) is 3.32. The fourth-order valence-electron chi connectivity index (χ4n) is 3.63. The monoisotopic (exact) mass is 414 g/mol. The number of rotatable bonds is 4. The molecule has 1 amide bonds. The van der Waals surface area contributed by atoms with Gasteiger partial charge in [-0.2, -0.15) is 5.10 Å². The third-order valence-corrected chi connectivity index (χ3v) is 4.95. The Morgan fingerprint density at radius 1 is 1.10 bits per heavy atom. The summed E-state index contributed by atoms with van der Waals surface area (Å²) in [4.78, 5) is 25.4. The summed E-state index contributed by atoms with van der Waals surface area (Å²) in [5.41, 5.74) is 0.880. The first kappa shape index (κ1) is 19.7. The summed E-state index contributed by atoms with van der Waals surface area (Å²) < 4.78 is 43.6. The Bertz CT molecular complexity index is 1370. The molecule has 6 nitrogen and oxygen atoms in total. The van der Waals surface area contributed by atoms with Gasteiger partial charge in [0.25, 0.3) is 5.56 Å². The summed E-state index contributed by atoms with van der Waals surface area (Å²) in [5, 5.41) is 7.66. The van der Waals surface area contributed by atoms with Gasteiger partial charge in [-0.05, 0) is 37.3 Å². The number of nitrogens with zero attached hydrogens (tertiary/aromatic N) is 3. The Balaban J connectivity index is 1.72. The molecule has 0 aliphatic rings. The number of amides is 1. The van der Waals surface area contributed by atoms with Gasteiger partial charge >= 0.3 is 0 Å². The number of halogens is 3. The van der Waals surface area contributed by atoms with Crippen molar-refractivity contribution in [3.8, 4) is 0 Å². The summed E-state index contributed by atoms with van der Waals surface area (Å²) in [6, 6.07) is 6.90. The van der Waals surface area contributed by atoms with Crippen LogP contribution in [0, 0.1) is 24.4 Å². The Labute approximate surface area is 168 Å². The molecule has 0 spiro atoms. The molecule has 9 heteroatoms. The number of carbonyl (C=O) groups excluding carboxylic acids is 1. The van der Waals surface area contributed by atoms with Crippen molar-refractivity contribution in [3.63, 3.8) is 0 Å². The number of carbonyl (C=O) groups is 1. The van der Waals surface area contributed by atoms with Crippen molar-refractivity contribution in [1.82, 2.24) is 14.3 Å². The summed E-state index contributed by atoms with van der Waals surface area (Å²) in [5.74, 6) is -2.75. The predicted molar refractivity (Wildman–Crippen MR) is 107 cm³/mol. The first-order chi connectivity index (χ1) is 14.3. The van der Waals surface area contributed by atoms with Crippen LogP contribution in [0.25, 0.3) is 21.8 Å². The third-order valence-electron chi connectivity index (χ3n) is 4.95. The predicted octanol–water partition coefficient (Wildman–Crippen LogP) is 3.64. The smallest absolute Gasteiger partial charge is 0.262 e. The average Bonchev–Trinajstić information content (AvgIpc) is 2.98. The molecular formula is C21H17F3N4O2. The van der Waals surface area contributed by atoms with E-state index in [1.165, 1.54) is 16.7 Å². The van der Waals surface area contributed by atoms with E-state index in [2.05, 4.69) is 10.4 Å². The zero-order valence-electron chi connectivity index (χ0n) is 16.2. The van der Waals surface area contributed by atoms with Crippen molar-refractivity contribution in [2.45, 2.75) is 19.9 Å². The molecular weight excluding hydrogens is 397 g/mol. The first-order valence-corrected chi connectivity index (χ1v) is 9.16. The van der Waals surface area contributed by atoms with Crippen LogP contribution in [-0.2, 0) is 18.4 Å². The zero-order chi connectivity index (χ0) is 21.6. The fraction of sp³-hybridized carbons (Fsp3) is 0.190. The second kappa shape index (κ2) is 7.33. The SMILES string of the molecule is Cc1nn(C)c2c1c(=O)n(CCC(=O)Nc1ccc(F)cc1F)c1cc(F)ccc21. The van der Waals surface area contributed by atoms with Gasteiger partial charge in [-0.1, -0.05) is 0 Å². The molecule has 0 saturated heterocycles. The lowest BCUT2D eigenvalue weighted by Gasteiger charge is -2.13. The van der Waals surface area contributed by atoms with Crippen LogP contribution in [0.15, 0.2) is 41.2 Å². The van der Waals surface area contributed by atoms with Gasteiger partial charge < -0.3 is 9.88 Å². The maximum Gasteiger partial charge on any atom is 0.262 e. The van der Waals surface area contributed by atoms with E-state index in [-0.39, 0.29) is 18.7 Å². The van der Waals surface area contributed by atoms with E-state index in [1.54, 1.807) is 24.7 Å². The second-order valence-corrected chi connectivity index (χ2v) is 6.97. The molecule has 0 aliphatic carbocycles. The van der Waals surface area contributed by atoms with Crippen molar-refractivity contribution in [3.05, 3.63) is 69.9 Å². The van der Waals surface area contributed by atoms with E-state index in [0.717, 1.165) is 12.1 Å². The molecule has 0 atom stereocenters. The van der Waals surface area contributed by atoms with Crippen LogP contribution in [-0.4, -0.2) is 20.3 Å². The van der Waals surface area contributed by atoms with Gasteiger partial charge in [0.1, 0.15) is 17.5 Å². The Morgan fingerprint density at radius 3 is 2.53 bits per heavy atom. The Morgan fingerprint density at radius 2 is 1.80 bits per heavy atom. The maximum atomic E-state index is 13.9. The average molecular weight is 414 g/mol. The van der Waals surface area contributed by atoms with Crippen LogP contribution in [0.2, 0.25) is 0 Å². The van der Waals surface area contributed by atoms with Crippen molar-refractivity contribution < 1.29 is 18.0 Å². The number of anilines is 1. The molecule has 0 aliphatic heterocycles. The molecule has 0 saturated carbocycles. The largest absolute Gasteiger partial charge is 0.324 e. The minimum Gasteiger partial charge on any atom is -0.324 e. The lowest BCUT2D eigenvalue weighted by Crippen LogP contribution is -2.24. The van der Waals surface area contributed by atoms with Gasteiger partial charge in [-0.25, -0.2) is 13.2 Å². The van der Waals surface area contributed by atoms with Crippen LogP contribution in [0.4, 0.5) is 18.9 Å². The number of nitrogens with one attached hydrogen (secondary N) is 1. The van der Waals surface area contributed by atoms with E-state index in [0.29, 0.717) is 33.6 Å². The Hall–Kier alpha value is -3.62. The summed E-state index contributed by atoms with van der Waals surface area (Å²) in [7, 11) is 1.70. The normalized spacial score (nSPS) is 11.4. The molecule has 0 unspecified atom stereocenters. The number of aryl methyl sites for hydroxylation is 3. The van der Waals surface area contributed by atoms with Crippen LogP contribution in [0.5, 0.6) is 0 Å². The van der Waals surface area contributed by atoms with Gasteiger partial charge in [-0.15, -0.1) is 0 Å². The molecule has 2 aromatic carbocycles. The molecule has 0 radical (unpaired) electrons. The lowest BCUT2D eigenvalue weighted by atomic mass is 10.1. The van der Waals surface area contributed by atoms with Crippen LogP contribution in [0.3, 0.4) is 0 Å². The highest BCUT2D eigenvalue weighted by molar-refractivity contribution is 6.04. The van der Waals surface area contributed by atoms with Crippen molar-refractivity contribution in [1.29, 1.82) is 0 Å². The van der Waals surface area contributed by atoms with E-state index >= 15 is 0 Å². The molecule has 30 heavy (non-hydrogen) atoms.